The van der Waals surface area contributed by atoms with E-state index in [4.69, 9.17) is 9.47 Å². The highest BCUT2D eigenvalue weighted by atomic mass is 32.2. The number of hydrogen-bond acceptors (Lipinski definition) is 5. The van der Waals surface area contributed by atoms with Crippen molar-refractivity contribution in [3.63, 3.8) is 0 Å². The van der Waals surface area contributed by atoms with Crippen LogP contribution >= 0.6 is 0 Å². The van der Waals surface area contributed by atoms with Crippen LogP contribution in [0.1, 0.15) is 12.8 Å². The van der Waals surface area contributed by atoms with E-state index < -0.39 is 10.0 Å². The van der Waals surface area contributed by atoms with E-state index in [1.165, 1.54) is 4.31 Å². The van der Waals surface area contributed by atoms with E-state index in [-0.39, 0.29) is 25.7 Å². The topological polar surface area (TPSA) is 84.9 Å². The van der Waals surface area contributed by atoms with Gasteiger partial charge in [-0.3, -0.25) is 9.10 Å². The van der Waals surface area contributed by atoms with Gasteiger partial charge in [0.05, 0.1) is 11.9 Å². The van der Waals surface area contributed by atoms with E-state index >= 15 is 0 Å². The SMILES string of the molecule is CS(=O)(=O)N(CCCC(=O)Nc1cccc2ccccc12)c1ccc2c(c1)OCO2. The molecule has 3 aromatic carbocycles. The van der Waals surface area contributed by atoms with E-state index in [0.717, 1.165) is 22.7 Å². The molecular weight excluding hydrogens is 404 g/mol. The van der Waals surface area contributed by atoms with Gasteiger partial charge in [-0.25, -0.2) is 8.42 Å². The summed E-state index contributed by atoms with van der Waals surface area (Å²) in [5, 5.41) is 4.93. The summed E-state index contributed by atoms with van der Waals surface area (Å²) in [5.41, 5.74) is 1.23. The first-order chi connectivity index (χ1) is 14.4. The van der Waals surface area contributed by atoms with Gasteiger partial charge in [0.25, 0.3) is 0 Å². The Labute approximate surface area is 175 Å². The highest BCUT2D eigenvalue weighted by Crippen LogP contribution is 2.36. The molecule has 0 saturated carbocycles. The molecule has 0 aromatic heterocycles. The number of benzene rings is 3. The molecule has 0 spiro atoms. The Kier molecular flexibility index (Phi) is 5.50. The lowest BCUT2D eigenvalue weighted by Gasteiger charge is -2.22. The van der Waals surface area contributed by atoms with Gasteiger partial charge in [0.15, 0.2) is 11.5 Å². The number of sulfonamides is 1. The quantitative estimate of drug-likeness (QED) is 0.622. The molecule has 0 aliphatic carbocycles. The maximum Gasteiger partial charge on any atom is 0.232 e. The van der Waals surface area contributed by atoms with Crippen molar-refractivity contribution in [2.45, 2.75) is 12.8 Å². The Balaban J connectivity index is 1.41. The monoisotopic (exact) mass is 426 g/mol. The number of ether oxygens (including phenoxy) is 2. The first-order valence-corrected chi connectivity index (χ1v) is 11.4. The van der Waals surface area contributed by atoms with Gasteiger partial charge >= 0.3 is 0 Å². The minimum Gasteiger partial charge on any atom is -0.454 e. The third-order valence-corrected chi connectivity index (χ3v) is 6.07. The van der Waals surface area contributed by atoms with Crippen molar-refractivity contribution in [3.05, 3.63) is 60.7 Å². The van der Waals surface area contributed by atoms with Crippen LogP contribution in [0.5, 0.6) is 11.5 Å². The standard InChI is InChI=1S/C22H22N2O5S/c1-30(26,27)24(17-11-12-20-21(14-17)29-15-28-20)13-5-10-22(25)23-19-9-4-7-16-6-2-3-8-18(16)19/h2-4,6-9,11-12,14H,5,10,13,15H2,1H3,(H,23,25). The number of carbonyl (C=O) groups excluding carboxylic acids is 1. The molecule has 0 fully saturated rings. The van der Waals surface area contributed by atoms with Gasteiger partial charge in [-0.1, -0.05) is 36.4 Å². The van der Waals surface area contributed by atoms with Crippen LogP contribution in [-0.2, 0) is 14.8 Å². The predicted molar refractivity (Wildman–Crippen MR) is 117 cm³/mol. The molecular formula is C22H22N2O5S. The zero-order valence-corrected chi connectivity index (χ0v) is 17.3. The molecule has 1 heterocycles. The second-order valence-corrected chi connectivity index (χ2v) is 8.96. The molecule has 3 aromatic rings. The zero-order chi connectivity index (χ0) is 21.1. The molecule has 8 heteroatoms. The van der Waals surface area contributed by atoms with Crippen molar-refractivity contribution in [1.29, 1.82) is 0 Å². The van der Waals surface area contributed by atoms with Crippen LogP contribution in [0.25, 0.3) is 10.8 Å². The summed E-state index contributed by atoms with van der Waals surface area (Å²) < 4.78 is 36.5. The fourth-order valence-corrected chi connectivity index (χ4v) is 4.41. The minimum atomic E-state index is -3.52. The first kappa shape index (κ1) is 20.0. The Morgan fingerprint density at radius 3 is 2.63 bits per heavy atom. The second-order valence-electron chi connectivity index (χ2n) is 7.05. The van der Waals surface area contributed by atoms with E-state index in [1.807, 2.05) is 42.5 Å². The normalized spacial score (nSPS) is 12.7. The maximum atomic E-state index is 12.5. The van der Waals surface area contributed by atoms with E-state index in [1.54, 1.807) is 18.2 Å². The summed E-state index contributed by atoms with van der Waals surface area (Å²) in [6, 6.07) is 18.5. The molecule has 1 aliphatic rings. The fourth-order valence-electron chi connectivity index (χ4n) is 3.46. The molecule has 0 radical (unpaired) electrons. The second kappa shape index (κ2) is 8.23. The van der Waals surface area contributed by atoms with E-state index in [9.17, 15) is 13.2 Å². The Bertz CT molecular complexity index is 1190. The number of hydrogen-bond donors (Lipinski definition) is 1. The third kappa shape index (κ3) is 4.33. The molecule has 0 atom stereocenters. The fraction of sp³-hybridized carbons (Fsp3) is 0.227. The predicted octanol–water partition coefficient (Wildman–Crippen LogP) is 3.75. The number of amides is 1. The molecule has 1 amide bonds. The molecule has 7 nitrogen and oxygen atoms in total. The molecule has 4 rings (SSSR count). The minimum absolute atomic E-state index is 0.117. The average Bonchev–Trinajstić information content (AvgIpc) is 3.18. The van der Waals surface area contributed by atoms with E-state index in [2.05, 4.69) is 5.32 Å². The van der Waals surface area contributed by atoms with Gasteiger partial charge in [0.2, 0.25) is 22.7 Å². The highest BCUT2D eigenvalue weighted by Gasteiger charge is 2.21. The zero-order valence-electron chi connectivity index (χ0n) is 16.5. The van der Waals surface area contributed by atoms with Crippen molar-refractivity contribution in [2.24, 2.45) is 0 Å². The Morgan fingerprint density at radius 2 is 1.80 bits per heavy atom. The number of nitrogens with zero attached hydrogens (tertiary/aromatic N) is 1. The lowest BCUT2D eigenvalue weighted by Crippen LogP contribution is -2.31. The summed E-state index contributed by atoms with van der Waals surface area (Å²) in [5.74, 6) is 0.932. The average molecular weight is 426 g/mol. The van der Waals surface area contributed by atoms with Crippen molar-refractivity contribution in [3.8, 4) is 11.5 Å². The lowest BCUT2D eigenvalue weighted by atomic mass is 10.1. The number of carbonyl (C=O) groups is 1. The molecule has 0 saturated heterocycles. The molecule has 1 N–H and O–H groups in total. The first-order valence-electron chi connectivity index (χ1n) is 9.57. The van der Waals surface area contributed by atoms with Gasteiger partial charge in [0.1, 0.15) is 0 Å². The van der Waals surface area contributed by atoms with Crippen molar-refractivity contribution in [1.82, 2.24) is 0 Å². The van der Waals surface area contributed by atoms with Crippen LogP contribution in [0.3, 0.4) is 0 Å². The Morgan fingerprint density at radius 1 is 1.03 bits per heavy atom. The number of anilines is 2. The number of nitrogens with one attached hydrogen (secondary N) is 1. The number of rotatable bonds is 7. The molecule has 156 valence electrons. The summed E-state index contributed by atoms with van der Waals surface area (Å²) in [6.07, 6.45) is 1.71. The van der Waals surface area contributed by atoms with Crippen molar-refractivity contribution < 1.29 is 22.7 Å². The van der Waals surface area contributed by atoms with Gasteiger partial charge in [0, 0.05) is 30.1 Å². The van der Waals surface area contributed by atoms with Gasteiger partial charge in [-0.15, -0.1) is 0 Å². The van der Waals surface area contributed by atoms with Crippen LogP contribution in [0.2, 0.25) is 0 Å². The maximum absolute atomic E-state index is 12.5. The molecule has 0 unspecified atom stereocenters. The van der Waals surface area contributed by atoms with Crippen LogP contribution in [0, 0.1) is 0 Å². The number of fused-ring (bicyclic) bond motifs is 2. The highest BCUT2D eigenvalue weighted by molar-refractivity contribution is 7.92. The van der Waals surface area contributed by atoms with Crippen LogP contribution in [0.15, 0.2) is 60.7 Å². The smallest absolute Gasteiger partial charge is 0.232 e. The van der Waals surface area contributed by atoms with Crippen molar-refractivity contribution >= 4 is 38.1 Å². The largest absolute Gasteiger partial charge is 0.454 e. The summed E-state index contributed by atoms with van der Waals surface area (Å²) in [7, 11) is -3.52. The Hall–Kier alpha value is -3.26. The van der Waals surface area contributed by atoms with E-state index in [0.29, 0.717) is 23.6 Å². The third-order valence-electron chi connectivity index (χ3n) is 4.87. The van der Waals surface area contributed by atoms with Gasteiger partial charge in [-0.2, -0.15) is 0 Å². The van der Waals surface area contributed by atoms with Crippen molar-refractivity contribution in [2.75, 3.05) is 29.2 Å². The van der Waals surface area contributed by atoms with Gasteiger partial charge in [-0.05, 0) is 30.0 Å². The van der Waals surface area contributed by atoms with Crippen LogP contribution < -0.4 is 19.1 Å². The molecule has 0 bridgehead atoms. The van der Waals surface area contributed by atoms with Crippen LogP contribution in [0.4, 0.5) is 11.4 Å². The summed E-state index contributed by atoms with van der Waals surface area (Å²) in [6.45, 7) is 0.299. The lowest BCUT2D eigenvalue weighted by molar-refractivity contribution is -0.116. The molecule has 1 aliphatic heterocycles. The summed E-state index contributed by atoms with van der Waals surface area (Å²) >= 11 is 0. The van der Waals surface area contributed by atoms with Gasteiger partial charge < -0.3 is 14.8 Å². The molecule has 30 heavy (non-hydrogen) atoms. The summed E-state index contributed by atoms with van der Waals surface area (Å²) in [4.78, 5) is 12.5. The van der Waals surface area contributed by atoms with Crippen LogP contribution in [-0.4, -0.2) is 33.9 Å².